The lowest BCUT2D eigenvalue weighted by atomic mass is 10.1. The Morgan fingerprint density at radius 3 is 2.33 bits per heavy atom. The zero-order valence-corrected chi connectivity index (χ0v) is 16.3. The number of alkyl halides is 3. The molecule has 1 heterocycles. The van der Waals surface area contributed by atoms with Gasteiger partial charge in [-0.1, -0.05) is 54.6 Å². The molecule has 0 fully saturated rings. The van der Waals surface area contributed by atoms with Crippen LogP contribution >= 0.6 is 11.3 Å². The second-order valence-corrected chi connectivity index (χ2v) is 7.12. The second-order valence-electron chi connectivity index (χ2n) is 6.17. The van der Waals surface area contributed by atoms with Crippen LogP contribution in [0.3, 0.4) is 0 Å². The molecule has 5 nitrogen and oxygen atoms in total. The van der Waals surface area contributed by atoms with Gasteiger partial charge < -0.3 is 15.4 Å². The predicted molar refractivity (Wildman–Crippen MR) is 106 cm³/mol. The summed E-state index contributed by atoms with van der Waals surface area (Å²) in [5.74, 6) is -1.38. The highest BCUT2D eigenvalue weighted by molar-refractivity contribution is 7.12. The van der Waals surface area contributed by atoms with E-state index in [1.165, 1.54) is 35.6 Å². The van der Waals surface area contributed by atoms with Gasteiger partial charge in [0.25, 0.3) is 5.91 Å². The summed E-state index contributed by atoms with van der Waals surface area (Å²) in [6.45, 7) is -0.205. The Morgan fingerprint density at radius 2 is 1.67 bits per heavy atom. The number of nitrogens with one attached hydrogen (secondary N) is 2. The molecule has 30 heavy (non-hydrogen) atoms. The van der Waals surface area contributed by atoms with Crippen LogP contribution in [0.15, 0.2) is 72.1 Å². The molecule has 0 bridgehead atoms. The molecule has 0 aliphatic rings. The molecule has 3 rings (SSSR count). The fraction of sp³-hybridized carbons (Fsp3) is 0.143. The SMILES string of the molecule is O=C(NC(C(=O)NCc1ccccc1OC(F)(F)F)c1ccccc1)c1cccs1. The van der Waals surface area contributed by atoms with Crippen molar-refractivity contribution in [3.05, 3.63) is 88.1 Å². The summed E-state index contributed by atoms with van der Waals surface area (Å²) in [5.41, 5.74) is 0.694. The maximum absolute atomic E-state index is 12.8. The molecule has 1 unspecified atom stereocenters. The third-order valence-corrected chi connectivity index (χ3v) is 4.94. The van der Waals surface area contributed by atoms with Gasteiger partial charge in [-0.15, -0.1) is 24.5 Å². The van der Waals surface area contributed by atoms with Gasteiger partial charge in [-0.3, -0.25) is 9.59 Å². The minimum absolute atomic E-state index is 0.152. The monoisotopic (exact) mass is 434 g/mol. The number of halogens is 3. The Morgan fingerprint density at radius 1 is 0.967 bits per heavy atom. The fourth-order valence-corrected chi connectivity index (χ4v) is 3.34. The number of carbonyl (C=O) groups excluding carboxylic acids is 2. The summed E-state index contributed by atoms with van der Waals surface area (Å²) < 4.78 is 41.8. The van der Waals surface area contributed by atoms with E-state index >= 15 is 0 Å². The third kappa shape index (κ3) is 5.84. The van der Waals surface area contributed by atoms with Gasteiger partial charge in [-0.05, 0) is 23.1 Å². The minimum Gasteiger partial charge on any atom is -0.405 e. The Bertz CT molecular complexity index is 992. The van der Waals surface area contributed by atoms with E-state index in [4.69, 9.17) is 0 Å². The Labute approximate surface area is 174 Å². The quantitative estimate of drug-likeness (QED) is 0.578. The van der Waals surface area contributed by atoms with Gasteiger partial charge in [0.2, 0.25) is 5.91 Å². The molecule has 0 aliphatic carbocycles. The Hall–Kier alpha value is -3.33. The number of amides is 2. The number of hydrogen-bond acceptors (Lipinski definition) is 4. The summed E-state index contributed by atoms with van der Waals surface area (Å²) in [7, 11) is 0. The van der Waals surface area contributed by atoms with E-state index in [1.54, 1.807) is 47.8 Å². The Kier molecular flexibility index (Phi) is 6.73. The largest absolute Gasteiger partial charge is 0.573 e. The first kappa shape index (κ1) is 21.4. The third-order valence-electron chi connectivity index (χ3n) is 4.07. The summed E-state index contributed by atoms with van der Waals surface area (Å²) in [6.07, 6.45) is -4.85. The average Bonchev–Trinajstić information content (AvgIpc) is 3.25. The maximum Gasteiger partial charge on any atom is 0.573 e. The number of para-hydroxylation sites is 1. The first-order chi connectivity index (χ1) is 14.3. The van der Waals surface area contributed by atoms with Crippen molar-refractivity contribution in [1.82, 2.24) is 10.6 Å². The van der Waals surface area contributed by atoms with Gasteiger partial charge >= 0.3 is 6.36 Å². The molecule has 2 amide bonds. The fourth-order valence-electron chi connectivity index (χ4n) is 2.71. The number of carbonyl (C=O) groups is 2. The molecule has 2 aromatic carbocycles. The van der Waals surface area contributed by atoms with Crippen molar-refractivity contribution >= 4 is 23.2 Å². The standard InChI is InChI=1S/C21H17F3N2O3S/c22-21(23,24)29-16-10-5-4-9-15(16)13-25-20(28)18(14-7-2-1-3-8-14)26-19(27)17-11-6-12-30-17/h1-12,18H,13H2,(H,25,28)(H,26,27). The van der Waals surface area contributed by atoms with Crippen molar-refractivity contribution in [3.8, 4) is 5.75 Å². The van der Waals surface area contributed by atoms with Gasteiger partial charge in [0.05, 0.1) is 4.88 Å². The first-order valence-corrected chi connectivity index (χ1v) is 9.72. The van der Waals surface area contributed by atoms with Crippen molar-refractivity contribution in [3.63, 3.8) is 0 Å². The van der Waals surface area contributed by atoms with Gasteiger partial charge in [0.15, 0.2) is 0 Å². The first-order valence-electron chi connectivity index (χ1n) is 8.84. The molecule has 9 heteroatoms. The van der Waals surface area contributed by atoms with Crippen LogP contribution in [0, 0.1) is 0 Å². The van der Waals surface area contributed by atoms with Crippen molar-refractivity contribution < 1.29 is 27.5 Å². The van der Waals surface area contributed by atoms with Crippen LogP contribution in [-0.2, 0) is 11.3 Å². The Balaban J connectivity index is 1.75. The van der Waals surface area contributed by atoms with E-state index in [9.17, 15) is 22.8 Å². The van der Waals surface area contributed by atoms with Crippen LogP contribution in [0.2, 0.25) is 0 Å². The zero-order chi connectivity index (χ0) is 21.6. The lowest BCUT2D eigenvalue weighted by Crippen LogP contribution is -2.40. The van der Waals surface area contributed by atoms with Gasteiger partial charge in [0, 0.05) is 12.1 Å². The molecule has 3 aromatic rings. The lowest BCUT2D eigenvalue weighted by molar-refractivity contribution is -0.274. The molecule has 0 saturated heterocycles. The van der Waals surface area contributed by atoms with E-state index in [-0.39, 0.29) is 12.1 Å². The van der Waals surface area contributed by atoms with Gasteiger partial charge in [-0.2, -0.15) is 0 Å². The summed E-state index contributed by atoms with van der Waals surface area (Å²) in [5, 5.41) is 6.99. The van der Waals surface area contributed by atoms with Gasteiger partial charge in [-0.25, -0.2) is 0 Å². The van der Waals surface area contributed by atoms with Crippen molar-refractivity contribution in [2.24, 2.45) is 0 Å². The minimum atomic E-state index is -4.85. The van der Waals surface area contributed by atoms with E-state index in [1.807, 2.05) is 0 Å². The number of hydrogen-bond donors (Lipinski definition) is 2. The number of thiophene rings is 1. The number of ether oxygens (including phenoxy) is 1. The average molecular weight is 434 g/mol. The molecule has 0 saturated carbocycles. The van der Waals surface area contributed by atoms with Gasteiger partial charge in [0.1, 0.15) is 11.8 Å². The lowest BCUT2D eigenvalue weighted by Gasteiger charge is -2.19. The molecule has 2 N–H and O–H groups in total. The van der Waals surface area contributed by atoms with E-state index < -0.39 is 30.0 Å². The maximum atomic E-state index is 12.8. The summed E-state index contributed by atoms with van der Waals surface area (Å²) in [6, 6.07) is 16.4. The highest BCUT2D eigenvalue weighted by Crippen LogP contribution is 2.26. The number of benzene rings is 2. The summed E-state index contributed by atoms with van der Waals surface area (Å²) in [4.78, 5) is 25.7. The molecule has 0 spiro atoms. The van der Waals surface area contributed by atoms with Crippen LogP contribution in [0.1, 0.15) is 26.8 Å². The normalized spacial score (nSPS) is 12.1. The number of rotatable bonds is 7. The van der Waals surface area contributed by atoms with Crippen LogP contribution in [0.4, 0.5) is 13.2 Å². The topological polar surface area (TPSA) is 67.4 Å². The van der Waals surface area contributed by atoms with E-state index in [2.05, 4.69) is 15.4 Å². The summed E-state index contributed by atoms with van der Waals surface area (Å²) >= 11 is 1.23. The van der Waals surface area contributed by atoms with Crippen molar-refractivity contribution in [2.75, 3.05) is 0 Å². The van der Waals surface area contributed by atoms with Crippen LogP contribution in [0.25, 0.3) is 0 Å². The van der Waals surface area contributed by atoms with E-state index in [0.29, 0.717) is 10.4 Å². The highest BCUT2D eigenvalue weighted by Gasteiger charge is 2.32. The molecular weight excluding hydrogens is 417 g/mol. The predicted octanol–water partition coefficient (Wildman–Crippen LogP) is 4.43. The van der Waals surface area contributed by atoms with Crippen LogP contribution < -0.4 is 15.4 Å². The molecule has 0 radical (unpaired) electrons. The molecule has 156 valence electrons. The van der Waals surface area contributed by atoms with Crippen LogP contribution in [-0.4, -0.2) is 18.2 Å². The molecule has 1 atom stereocenters. The second kappa shape index (κ2) is 9.45. The molecular formula is C21H17F3N2O3S. The van der Waals surface area contributed by atoms with E-state index in [0.717, 1.165) is 0 Å². The van der Waals surface area contributed by atoms with Crippen molar-refractivity contribution in [1.29, 1.82) is 0 Å². The zero-order valence-electron chi connectivity index (χ0n) is 15.5. The van der Waals surface area contributed by atoms with Crippen molar-refractivity contribution in [2.45, 2.75) is 18.9 Å². The van der Waals surface area contributed by atoms with Crippen LogP contribution in [0.5, 0.6) is 5.75 Å². The highest BCUT2D eigenvalue weighted by atomic mass is 32.1. The molecule has 1 aromatic heterocycles. The smallest absolute Gasteiger partial charge is 0.405 e. The molecule has 0 aliphatic heterocycles.